The Morgan fingerprint density at radius 2 is 1.89 bits per heavy atom. The fraction of sp³-hybridized carbons (Fsp3) is 0.368. The highest BCUT2D eigenvalue weighted by atomic mass is 16.6. The predicted octanol–water partition coefficient (Wildman–Crippen LogP) is 0.853. The van der Waals surface area contributed by atoms with Crippen molar-refractivity contribution in [2.24, 2.45) is 0 Å². The van der Waals surface area contributed by atoms with Crippen LogP contribution in [0.4, 0.5) is 5.69 Å². The Kier molecular flexibility index (Phi) is 5.46. The number of hydrogen-bond donors (Lipinski definition) is 4. The van der Waals surface area contributed by atoms with Gasteiger partial charge in [-0.1, -0.05) is 17.7 Å². The van der Waals surface area contributed by atoms with Gasteiger partial charge in [0.2, 0.25) is 5.91 Å². The molecule has 148 valence electrons. The molecule has 3 rings (SSSR count). The van der Waals surface area contributed by atoms with Crippen LogP contribution in [0.25, 0.3) is 0 Å². The highest BCUT2D eigenvalue weighted by Crippen LogP contribution is 2.24. The van der Waals surface area contributed by atoms with Crippen LogP contribution in [0.5, 0.6) is 0 Å². The van der Waals surface area contributed by atoms with E-state index in [0.717, 1.165) is 16.7 Å². The molecule has 1 aliphatic heterocycles. The van der Waals surface area contributed by atoms with Crippen molar-refractivity contribution >= 4 is 23.5 Å². The van der Waals surface area contributed by atoms with Crippen molar-refractivity contribution in [3.8, 4) is 0 Å². The summed E-state index contributed by atoms with van der Waals surface area (Å²) in [5.41, 5.74) is 4.25. The molecule has 3 atom stereocenters. The number of hydrogen-bond acceptors (Lipinski definition) is 5. The number of aromatic nitrogens is 2. The van der Waals surface area contributed by atoms with Crippen molar-refractivity contribution in [2.75, 3.05) is 5.32 Å². The molecule has 1 saturated heterocycles. The van der Waals surface area contributed by atoms with E-state index in [1.165, 1.54) is 6.33 Å². The van der Waals surface area contributed by atoms with E-state index < -0.39 is 36.0 Å². The minimum absolute atomic E-state index is 0.173. The van der Waals surface area contributed by atoms with Crippen LogP contribution >= 0.6 is 0 Å². The van der Waals surface area contributed by atoms with Gasteiger partial charge >= 0.3 is 5.97 Å². The van der Waals surface area contributed by atoms with E-state index >= 15 is 0 Å². The molecule has 4 N–H and O–H groups in total. The summed E-state index contributed by atoms with van der Waals surface area (Å²) in [6.07, 6.45) is 0.953. The number of carbonyl (C=O) groups excluding carboxylic acids is 2. The smallest absolute Gasteiger partial charge is 0.336 e. The molecule has 0 radical (unpaired) electrons. The van der Waals surface area contributed by atoms with Crippen LogP contribution in [0.1, 0.15) is 22.4 Å². The Hall–Kier alpha value is -3.20. The Balaban J connectivity index is 1.75. The van der Waals surface area contributed by atoms with Gasteiger partial charge in [0.25, 0.3) is 5.91 Å². The van der Waals surface area contributed by atoms with Crippen LogP contribution in [-0.4, -0.2) is 51.1 Å². The van der Waals surface area contributed by atoms with E-state index in [2.05, 4.69) is 20.6 Å². The van der Waals surface area contributed by atoms with Crippen LogP contribution in [0.2, 0.25) is 0 Å². The first-order valence-corrected chi connectivity index (χ1v) is 8.81. The van der Waals surface area contributed by atoms with Gasteiger partial charge < -0.3 is 25.5 Å². The Labute approximate surface area is 161 Å². The van der Waals surface area contributed by atoms with Gasteiger partial charge in [-0.25, -0.2) is 9.78 Å². The minimum Gasteiger partial charge on any atom is -0.479 e. The number of epoxide rings is 1. The van der Waals surface area contributed by atoms with Gasteiger partial charge in [0.05, 0.1) is 6.33 Å². The number of H-pyrrole nitrogens is 1. The molecular weight excluding hydrogens is 364 g/mol. The lowest BCUT2D eigenvalue weighted by Crippen LogP contribution is -2.47. The summed E-state index contributed by atoms with van der Waals surface area (Å²) in [4.78, 5) is 42.9. The molecule has 9 nitrogen and oxygen atoms in total. The number of aromatic amines is 1. The first kappa shape index (κ1) is 19.6. The van der Waals surface area contributed by atoms with Crippen LogP contribution in [0, 0.1) is 20.8 Å². The summed E-state index contributed by atoms with van der Waals surface area (Å²) in [5.74, 6) is -2.25. The van der Waals surface area contributed by atoms with Gasteiger partial charge in [-0.05, 0) is 31.9 Å². The number of aliphatic carboxylic acids is 1. The number of carboxylic acid groups (broad SMARTS) is 1. The molecule has 9 heteroatoms. The van der Waals surface area contributed by atoms with E-state index in [-0.39, 0.29) is 6.42 Å². The van der Waals surface area contributed by atoms with Crippen molar-refractivity contribution in [1.82, 2.24) is 15.3 Å². The molecule has 1 aromatic carbocycles. The van der Waals surface area contributed by atoms with Crippen LogP contribution in [0.3, 0.4) is 0 Å². The summed E-state index contributed by atoms with van der Waals surface area (Å²) in [6.45, 7) is 5.77. The quantitative estimate of drug-likeness (QED) is 0.521. The molecule has 2 amide bonds. The third-order valence-electron chi connectivity index (χ3n) is 4.53. The van der Waals surface area contributed by atoms with E-state index in [9.17, 15) is 14.4 Å². The monoisotopic (exact) mass is 386 g/mol. The van der Waals surface area contributed by atoms with Gasteiger partial charge in [0, 0.05) is 24.0 Å². The standard InChI is InChI=1S/C19H22N4O5/c1-9-4-10(2)14(11(3)5-9)23-17(24)13(6-12-7-20-8-21-12)22-18(25)15-16(28-15)19(26)27/h4-5,7-8,13,15-16H,6H2,1-3H3,(H,20,21)(H,22,25)(H,23,24)(H,26,27)/t13?,15-,16-/m0/s1. The molecule has 28 heavy (non-hydrogen) atoms. The minimum atomic E-state index is -1.21. The number of anilines is 1. The van der Waals surface area contributed by atoms with Crippen LogP contribution in [0.15, 0.2) is 24.7 Å². The zero-order valence-corrected chi connectivity index (χ0v) is 15.8. The number of carboxylic acids is 1. The first-order valence-electron chi connectivity index (χ1n) is 8.81. The van der Waals surface area contributed by atoms with Crippen LogP contribution in [-0.2, 0) is 25.5 Å². The summed E-state index contributed by atoms with van der Waals surface area (Å²) in [5, 5.41) is 14.4. The van der Waals surface area contributed by atoms with Crippen molar-refractivity contribution in [2.45, 2.75) is 45.4 Å². The topological polar surface area (TPSA) is 137 Å². The largest absolute Gasteiger partial charge is 0.479 e. The van der Waals surface area contributed by atoms with E-state index in [4.69, 9.17) is 9.84 Å². The number of nitrogens with zero attached hydrogens (tertiary/aromatic N) is 1. The van der Waals surface area contributed by atoms with Crippen LogP contribution < -0.4 is 10.6 Å². The number of carbonyl (C=O) groups is 3. The lowest BCUT2D eigenvalue weighted by Gasteiger charge is -2.20. The van der Waals surface area contributed by atoms with Gasteiger partial charge in [-0.2, -0.15) is 0 Å². The van der Waals surface area contributed by atoms with E-state index in [1.54, 1.807) is 6.20 Å². The fourth-order valence-electron chi connectivity index (χ4n) is 3.17. The van der Waals surface area contributed by atoms with E-state index in [1.807, 2.05) is 32.9 Å². The Morgan fingerprint density at radius 1 is 1.21 bits per heavy atom. The second kappa shape index (κ2) is 7.81. The molecule has 1 aromatic heterocycles. The molecule has 1 aliphatic rings. The highest BCUT2D eigenvalue weighted by Gasteiger charge is 2.51. The van der Waals surface area contributed by atoms with E-state index in [0.29, 0.717) is 11.4 Å². The fourth-order valence-corrected chi connectivity index (χ4v) is 3.17. The average molecular weight is 386 g/mol. The third kappa shape index (κ3) is 4.37. The van der Waals surface area contributed by atoms with Crippen molar-refractivity contribution < 1.29 is 24.2 Å². The van der Waals surface area contributed by atoms with Crippen molar-refractivity contribution in [3.05, 3.63) is 47.0 Å². The normalized spacial score (nSPS) is 19.0. The maximum Gasteiger partial charge on any atom is 0.336 e. The molecular formula is C19H22N4O5. The highest BCUT2D eigenvalue weighted by molar-refractivity contribution is 6.00. The number of nitrogens with one attached hydrogen (secondary N) is 3. The van der Waals surface area contributed by atoms with Gasteiger partial charge in [-0.3, -0.25) is 9.59 Å². The SMILES string of the molecule is Cc1cc(C)c(NC(=O)C(Cc2cnc[nH]2)NC(=O)[C@H]2O[C@@H]2C(=O)O)c(C)c1. The second-order valence-corrected chi connectivity index (χ2v) is 6.92. The zero-order chi connectivity index (χ0) is 20.4. The van der Waals surface area contributed by atoms with Crippen molar-refractivity contribution in [3.63, 3.8) is 0 Å². The third-order valence-corrected chi connectivity index (χ3v) is 4.53. The molecule has 0 bridgehead atoms. The van der Waals surface area contributed by atoms with Gasteiger partial charge in [-0.15, -0.1) is 0 Å². The number of amides is 2. The molecule has 0 spiro atoms. The summed E-state index contributed by atoms with van der Waals surface area (Å²) < 4.78 is 4.86. The zero-order valence-electron chi connectivity index (χ0n) is 15.8. The van der Waals surface area contributed by atoms with Crippen molar-refractivity contribution in [1.29, 1.82) is 0 Å². The molecule has 2 heterocycles. The number of benzene rings is 1. The first-order chi connectivity index (χ1) is 13.3. The summed E-state index contributed by atoms with van der Waals surface area (Å²) >= 11 is 0. The molecule has 2 aromatic rings. The second-order valence-electron chi connectivity index (χ2n) is 6.92. The Bertz CT molecular complexity index is 886. The summed E-state index contributed by atoms with van der Waals surface area (Å²) in [7, 11) is 0. The molecule has 0 aliphatic carbocycles. The lowest BCUT2D eigenvalue weighted by molar-refractivity contribution is -0.138. The number of aryl methyl sites for hydroxylation is 3. The maximum absolute atomic E-state index is 12.9. The molecule has 0 saturated carbocycles. The summed E-state index contributed by atoms with van der Waals surface area (Å²) in [6, 6.07) is 2.99. The average Bonchev–Trinajstić information content (AvgIpc) is 3.27. The maximum atomic E-state index is 12.9. The molecule has 1 fully saturated rings. The Morgan fingerprint density at radius 3 is 2.43 bits per heavy atom. The number of imidazole rings is 1. The van der Waals surface area contributed by atoms with Gasteiger partial charge in [0.1, 0.15) is 6.04 Å². The number of rotatable bonds is 7. The predicted molar refractivity (Wildman–Crippen MR) is 99.8 cm³/mol. The molecule has 1 unspecified atom stereocenters. The lowest BCUT2D eigenvalue weighted by atomic mass is 10.0. The van der Waals surface area contributed by atoms with Gasteiger partial charge in [0.15, 0.2) is 12.2 Å². The number of ether oxygens (including phenoxy) is 1.